The molecule has 0 aromatic heterocycles. The molecule has 4 heteroatoms. The first-order valence-corrected chi connectivity index (χ1v) is 7.67. The van der Waals surface area contributed by atoms with Crippen LogP contribution in [0.15, 0.2) is 18.2 Å². The molecular weight excluding hydrogens is 314 g/mol. The minimum absolute atomic E-state index is 0.0299. The Morgan fingerprint density at radius 2 is 2.22 bits per heavy atom. The maximum absolute atomic E-state index is 12.0. The summed E-state index contributed by atoms with van der Waals surface area (Å²) in [6.07, 6.45) is 3.56. The number of aryl methyl sites for hydroxylation is 1. The van der Waals surface area contributed by atoms with Crippen LogP contribution < -0.4 is 5.32 Å². The predicted octanol–water partition coefficient (Wildman–Crippen LogP) is 3.94. The van der Waals surface area contributed by atoms with E-state index in [1.54, 1.807) is 6.07 Å². The van der Waals surface area contributed by atoms with Crippen molar-refractivity contribution in [3.63, 3.8) is 0 Å². The van der Waals surface area contributed by atoms with E-state index in [-0.39, 0.29) is 5.91 Å². The van der Waals surface area contributed by atoms with Crippen molar-refractivity contribution in [1.29, 1.82) is 0 Å². The van der Waals surface area contributed by atoms with E-state index in [4.69, 9.17) is 11.6 Å². The second-order valence-corrected chi connectivity index (χ2v) is 6.29. The standard InChI is InChI=1S/C14H17BrClNO/c1-10-2-3-11(8-12(10)16)13(18)17-9-14(4-5-14)6-7-15/h2-3,8H,4-7,9H2,1H3,(H,17,18). The van der Waals surface area contributed by atoms with Gasteiger partial charge in [-0.25, -0.2) is 0 Å². The number of hydrogen-bond donors (Lipinski definition) is 1. The normalized spacial score (nSPS) is 16.4. The zero-order valence-corrected chi connectivity index (χ0v) is 12.8. The highest BCUT2D eigenvalue weighted by Gasteiger charge is 2.41. The molecule has 1 aliphatic carbocycles. The lowest BCUT2D eigenvalue weighted by Gasteiger charge is -2.14. The lowest BCUT2D eigenvalue weighted by Crippen LogP contribution is -2.30. The number of alkyl halides is 1. The van der Waals surface area contributed by atoms with E-state index < -0.39 is 0 Å². The third-order valence-electron chi connectivity index (χ3n) is 3.64. The van der Waals surface area contributed by atoms with Gasteiger partial charge in [0.1, 0.15) is 0 Å². The van der Waals surface area contributed by atoms with Crippen LogP contribution in [0.25, 0.3) is 0 Å². The summed E-state index contributed by atoms with van der Waals surface area (Å²) in [5, 5.41) is 4.66. The summed E-state index contributed by atoms with van der Waals surface area (Å²) in [4.78, 5) is 12.0. The van der Waals surface area contributed by atoms with Gasteiger partial charge in [-0.2, -0.15) is 0 Å². The predicted molar refractivity (Wildman–Crippen MR) is 78.6 cm³/mol. The van der Waals surface area contributed by atoms with Crippen LogP contribution in [-0.4, -0.2) is 17.8 Å². The zero-order valence-electron chi connectivity index (χ0n) is 10.4. The molecule has 1 N–H and O–H groups in total. The molecule has 0 saturated heterocycles. The first-order valence-electron chi connectivity index (χ1n) is 6.17. The molecule has 1 aliphatic rings. The molecule has 0 atom stereocenters. The monoisotopic (exact) mass is 329 g/mol. The van der Waals surface area contributed by atoms with E-state index in [0.29, 0.717) is 16.0 Å². The molecular formula is C14H17BrClNO. The van der Waals surface area contributed by atoms with E-state index in [1.807, 2.05) is 19.1 Å². The molecule has 0 heterocycles. The number of benzene rings is 1. The van der Waals surface area contributed by atoms with Crippen LogP contribution in [-0.2, 0) is 0 Å². The number of carbonyl (C=O) groups excluding carboxylic acids is 1. The van der Waals surface area contributed by atoms with Crippen molar-refractivity contribution in [1.82, 2.24) is 5.32 Å². The summed E-state index contributed by atoms with van der Waals surface area (Å²) < 4.78 is 0. The van der Waals surface area contributed by atoms with Gasteiger partial charge in [0, 0.05) is 22.5 Å². The SMILES string of the molecule is Cc1ccc(C(=O)NCC2(CCBr)CC2)cc1Cl. The average molecular weight is 331 g/mol. The summed E-state index contributed by atoms with van der Waals surface area (Å²) in [6.45, 7) is 2.70. The molecule has 1 amide bonds. The van der Waals surface area contributed by atoms with Crippen molar-refractivity contribution < 1.29 is 4.79 Å². The minimum Gasteiger partial charge on any atom is -0.351 e. The van der Waals surface area contributed by atoms with Crippen LogP contribution in [0, 0.1) is 12.3 Å². The van der Waals surface area contributed by atoms with Crippen LogP contribution >= 0.6 is 27.5 Å². The van der Waals surface area contributed by atoms with Crippen molar-refractivity contribution >= 4 is 33.4 Å². The van der Waals surface area contributed by atoms with Gasteiger partial charge in [0.2, 0.25) is 0 Å². The fourth-order valence-corrected chi connectivity index (χ4v) is 3.02. The maximum atomic E-state index is 12.0. The Morgan fingerprint density at radius 1 is 1.50 bits per heavy atom. The highest BCUT2D eigenvalue weighted by Crippen LogP contribution is 2.48. The summed E-state index contributed by atoms with van der Waals surface area (Å²) >= 11 is 9.49. The van der Waals surface area contributed by atoms with Gasteiger partial charge in [0.05, 0.1) is 0 Å². The van der Waals surface area contributed by atoms with Crippen LogP contribution in [0.4, 0.5) is 0 Å². The highest BCUT2D eigenvalue weighted by molar-refractivity contribution is 9.09. The lowest BCUT2D eigenvalue weighted by molar-refractivity contribution is 0.0944. The molecule has 0 bridgehead atoms. The van der Waals surface area contributed by atoms with Gasteiger partial charge in [-0.3, -0.25) is 4.79 Å². The van der Waals surface area contributed by atoms with Crippen molar-refractivity contribution in [2.75, 3.05) is 11.9 Å². The minimum atomic E-state index is -0.0299. The fraction of sp³-hybridized carbons (Fsp3) is 0.500. The molecule has 2 nitrogen and oxygen atoms in total. The molecule has 1 aromatic carbocycles. The molecule has 0 unspecified atom stereocenters. The van der Waals surface area contributed by atoms with Crippen molar-refractivity contribution in [2.45, 2.75) is 26.2 Å². The van der Waals surface area contributed by atoms with E-state index >= 15 is 0 Å². The van der Waals surface area contributed by atoms with Gasteiger partial charge in [0.15, 0.2) is 0 Å². The Bertz CT molecular complexity index is 457. The largest absolute Gasteiger partial charge is 0.351 e. The topological polar surface area (TPSA) is 29.1 Å². The number of carbonyl (C=O) groups is 1. The van der Waals surface area contributed by atoms with Crippen molar-refractivity contribution in [2.24, 2.45) is 5.41 Å². The van der Waals surface area contributed by atoms with Crippen molar-refractivity contribution in [3.05, 3.63) is 34.3 Å². The summed E-state index contributed by atoms with van der Waals surface area (Å²) in [5.41, 5.74) is 1.97. The van der Waals surface area contributed by atoms with E-state index in [1.165, 1.54) is 12.8 Å². The zero-order chi connectivity index (χ0) is 13.2. The van der Waals surface area contributed by atoms with Crippen molar-refractivity contribution in [3.8, 4) is 0 Å². The molecule has 1 saturated carbocycles. The average Bonchev–Trinajstić information content (AvgIpc) is 3.11. The first kappa shape index (κ1) is 13.9. The van der Waals surface area contributed by atoms with Gasteiger partial charge < -0.3 is 5.32 Å². The lowest BCUT2D eigenvalue weighted by atomic mass is 10.0. The molecule has 1 aromatic rings. The second-order valence-electron chi connectivity index (χ2n) is 5.09. The number of rotatable bonds is 5. The molecule has 1 fully saturated rings. The number of nitrogens with one attached hydrogen (secondary N) is 1. The van der Waals surface area contributed by atoms with E-state index in [0.717, 1.165) is 23.9 Å². The molecule has 0 radical (unpaired) electrons. The Morgan fingerprint density at radius 3 is 2.78 bits per heavy atom. The van der Waals surface area contributed by atoms with Crippen LogP contribution in [0.1, 0.15) is 35.2 Å². The fourth-order valence-electron chi connectivity index (χ4n) is 2.00. The maximum Gasteiger partial charge on any atom is 0.251 e. The third-order valence-corrected chi connectivity index (χ3v) is 4.44. The van der Waals surface area contributed by atoms with Gasteiger partial charge in [-0.15, -0.1) is 0 Å². The van der Waals surface area contributed by atoms with Crippen LogP contribution in [0.3, 0.4) is 0 Å². The number of hydrogen-bond acceptors (Lipinski definition) is 1. The highest BCUT2D eigenvalue weighted by atomic mass is 79.9. The van der Waals surface area contributed by atoms with Crippen LogP contribution in [0.2, 0.25) is 5.02 Å². The smallest absolute Gasteiger partial charge is 0.251 e. The second kappa shape index (κ2) is 5.62. The summed E-state index contributed by atoms with van der Waals surface area (Å²) in [6, 6.07) is 5.43. The van der Waals surface area contributed by atoms with Crippen LogP contribution in [0.5, 0.6) is 0 Å². The Kier molecular flexibility index (Phi) is 4.33. The van der Waals surface area contributed by atoms with E-state index in [9.17, 15) is 4.79 Å². The van der Waals surface area contributed by atoms with Gasteiger partial charge in [0.25, 0.3) is 5.91 Å². The number of halogens is 2. The Balaban J connectivity index is 1.93. The van der Waals surface area contributed by atoms with Gasteiger partial charge in [-0.05, 0) is 49.3 Å². The van der Waals surface area contributed by atoms with Gasteiger partial charge in [-0.1, -0.05) is 33.6 Å². The van der Waals surface area contributed by atoms with E-state index in [2.05, 4.69) is 21.2 Å². The number of amides is 1. The summed E-state index contributed by atoms with van der Waals surface area (Å²) in [7, 11) is 0. The van der Waals surface area contributed by atoms with Gasteiger partial charge >= 0.3 is 0 Å². The Hall–Kier alpha value is -0.540. The molecule has 18 heavy (non-hydrogen) atoms. The molecule has 0 spiro atoms. The first-order chi connectivity index (χ1) is 8.56. The molecule has 2 rings (SSSR count). The quantitative estimate of drug-likeness (QED) is 0.814. The summed E-state index contributed by atoms with van der Waals surface area (Å²) in [5.74, 6) is -0.0299. The molecule has 98 valence electrons. The third kappa shape index (κ3) is 3.27. The Labute approximate surface area is 121 Å². The molecule has 0 aliphatic heterocycles.